The summed E-state index contributed by atoms with van der Waals surface area (Å²) in [5.41, 5.74) is -0.440. The lowest BCUT2D eigenvalue weighted by molar-refractivity contribution is -0.192. The average molecular weight is 408 g/mol. The molecule has 0 saturated carbocycles. The highest BCUT2D eigenvalue weighted by atomic mass is 19.4. The number of halogens is 3. The Morgan fingerprint density at radius 1 is 1.21 bits per heavy atom. The van der Waals surface area contributed by atoms with E-state index in [2.05, 4.69) is 11.5 Å². The zero-order chi connectivity index (χ0) is 21.7. The molecule has 2 aliphatic rings. The summed E-state index contributed by atoms with van der Waals surface area (Å²) in [5, 5.41) is 7.12. The van der Waals surface area contributed by atoms with Crippen LogP contribution in [0.15, 0.2) is 12.7 Å². The van der Waals surface area contributed by atoms with Crippen LogP contribution in [0.5, 0.6) is 0 Å². The summed E-state index contributed by atoms with van der Waals surface area (Å²) in [5.74, 6) is -2.57. The number of piperazine rings is 1. The molecule has 0 aromatic heterocycles. The number of likely N-dealkylation sites (N-methyl/N-ethyl adjacent to an activating group) is 1. The topological polar surface area (TPSA) is 84.4 Å². The molecule has 160 valence electrons. The number of hydrogen-bond donors (Lipinski definition) is 1. The average Bonchev–Trinajstić information content (AvgIpc) is 2.62. The van der Waals surface area contributed by atoms with Crippen molar-refractivity contribution in [1.29, 1.82) is 0 Å². The van der Waals surface area contributed by atoms with E-state index < -0.39 is 17.7 Å². The van der Waals surface area contributed by atoms with Gasteiger partial charge in [0.2, 0.25) is 5.91 Å². The maximum atomic E-state index is 12.8. The number of piperidine rings is 1. The van der Waals surface area contributed by atoms with Crippen LogP contribution in [-0.2, 0) is 9.59 Å². The van der Waals surface area contributed by atoms with Crippen LogP contribution >= 0.6 is 0 Å². The first-order valence-corrected chi connectivity index (χ1v) is 8.74. The number of hydrogen-bond acceptors (Lipinski definition) is 4. The molecule has 2 rings (SSSR count). The molecule has 8 nitrogen and oxygen atoms in total. The van der Waals surface area contributed by atoms with Gasteiger partial charge in [-0.25, -0.2) is 9.59 Å². The Morgan fingerprint density at radius 2 is 1.71 bits per heavy atom. The van der Waals surface area contributed by atoms with Crippen LogP contribution in [0.25, 0.3) is 0 Å². The number of amides is 3. The van der Waals surface area contributed by atoms with Gasteiger partial charge < -0.3 is 19.8 Å². The van der Waals surface area contributed by atoms with Crippen LogP contribution in [0.1, 0.15) is 12.8 Å². The first-order valence-electron chi connectivity index (χ1n) is 8.74. The molecule has 0 aromatic carbocycles. The standard InChI is InChI=1S/C15H26N4O2.C2HF3O2/c1-5-8-18-12-11-17(4)15(13(18)20)6-9-19(10-7-15)14(21)16(2)3;3-2(4,5)1(6)7/h5H,1,6-12H2,2-4H3;(H,6,7). The minimum absolute atomic E-state index is 0.0266. The van der Waals surface area contributed by atoms with Crippen LogP contribution in [0.3, 0.4) is 0 Å². The van der Waals surface area contributed by atoms with Gasteiger partial charge in [0.1, 0.15) is 5.54 Å². The molecule has 1 N–H and O–H groups in total. The Balaban J connectivity index is 0.000000480. The second-order valence-corrected chi connectivity index (χ2v) is 6.96. The van der Waals surface area contributed by atoms with Gasteiger partial charge >= 0.3 is 18.2 Å². The number of carbonyl (C=O) groups excluding carboxylic acids is 2. The summed E-state index contributed by atoms with van der Waals surface area (Å²) < 4.78 is 31.7. The van der Waals surface area contributed by atoms with Gasteiger partial charge in [0, 0.05) is 46.8 Å². The lowest BCUT2D eigenvalue weighted by Gasteiger charge is -2.51. The highest BCUT2D eigenvalue weighted by molar-refractivity contribution is 5.88. The van der Waals surface area contributed by atoms with E-state index in [-0.39, 0.29) is 11.9 Å². The third kappa shape index (κ3) is 5.37. The number of urea groups is 1. The lowest BCUT2D eigenvalue weighted by atomic mass is 9.83. The van der Waals surface area contributed by atoms with Crippen molar-refractivity contribution < 1.29 is 32.7 Å². The van der Waals surface area contributed by atoms with Gasteiger partial charge in [0.15, 0.2) is 0 Å². The molecular weight excluding hydrogens is 381 g/mol. The molecule has 0 bridgehead atoms. The molecule has 11 heteroatoms. The Hall–Kier alpha value is -2.30. The predicted octanol–water partition coefficient (Wildman–Crippen LogP) is 1.10. The molecule has 0 aliphatic carbocycles. The fourth-order valence-electron chi connectivity index (χ4n) is 3.32. The Morgan fingerprint density at radius 3 is 2.11 bits per heavy atom. The number of carboxylic acids is 1. The highest BCUT2D eigenvalue weighted by Gasteiger charge is 2.49. The molecule has 0 atom stereocenters. The molecule has 2 saturated heterocycles. The monoisotopic (exact) mass is 408 g/mol. The lowest BCUT2D eigenvalue weighted by Crippen LogP contribution is -2.68. The second-order valence-electron chi connectivity index (χ2n) is 6.96. The number of rotatable bonds is 2. The maximum Gasteiger partial charge on any atom is 0.490 e. The Kier molecular flexibility index (Phi) is 7.85. The molecule has 0 unspecified atom stereocenters. The number of carboxylic acid groups (broad SMARTS) is 1. The van der Waals surface area contributed by atoms with E-state index in [1.807, 2.05) is 16.8 Å². The summed E-state index contributed by atoms with van der Waals surface area (Å²) in [6, 6.07) is 0.0266. The highest BCUT2D eigenvalue weighted by Crippen LogP contribution is 2.33. The van der Waals surface area contributed by atoms with Crippen LogP contribution in [0.4, 0.5) is 18.0 Å². The normalized spacial score (nSPS) is 19.7. The van der Waals surface area contributed by atoms with Crippen LogP contribution in [-0.4, -0.2) is 108 Å². The Bertz CT molecular complexity index is 602. The van der Waals surface area contributed by atoms with Crippen molar-refractivity contribution in [2.45, 2.75) is 24.6 Å². The van der Waals surface area contributed by atoms with E-state index in [1.54, 1.807) is 25.1 Å². The number of nitrogens with zero attached hydrogens (tertiary/aromatic N) is 4. The Labute approximate surface area is 162 Å². The molecule has 1 spiro atoms. The van der Waals surface area contributed by atoms with E-state index in [4.69, 9.17) is 9.90 Å². The van der Waals surface area contributed by atoms with Gasteiger partial charge in [-0.15, -0.1) is 6.58 Å². The van der Waals surface area contributed by atoms with Crippen molar-refractivity contribution in [2.75, 3.05) is 53.9 Å². The molecule has 0 radical (unpaired) electrons. The smallest absolute Gasteiger partial charge is 0.475 e. The summed E-state index contributed by atoms with van der Waals surface area (Å²) in [7, 11) is 5.54. The summed E-state index contributed by atoms with van der Waals surface area (Å²) in [6.07, 6.45) is -1.90. The minimum atomic E-state index is -5.08. The predicted molar refractivity (Wildman–Crippen MR) is 95.7 cm³/mol. The van der Waals surface area contributed by atoms with Gasteiger partial charge in [0.05, 0.1) is 0 Å². The number of aliphatic carboxylic acids is 1. The second kappa shape index (κ2) is 9.26. The molecule has 2 aliphatic heterocycles. The van der Waals surface area contributed by atoms with Gasteiger partial charge in [-0.05, 0) is 19.9 Å². The molecule has 2 heterocycles. The van der Waals surface area contributed by atoms with Gasteiger partial charge in [0.25, 0.3) is 0 Å². The van der Waals surface area contributed by atoms with E-state index in [0.29, 0.717) is 32.5 Å². The van der Waals surface area contributed by atoms with E-state index in [1.165, 1.54) is 0 Å². The quantitative estimate of drug-likeness (QED) is 0.692. The summed E-state index contributed by atoms with van der Waals surface area (Å²) in [4.78, 5) is 41.2. The van der Waals surface area contributed by atoms with Crippen molar-refractivity contribution in [3.05, 3.63) is 12.7 Å². The fraction of sp³-hybridized carbons (Fsp3) is 0.706. The van der Waals surface area contributed by atoms with Crippen molar-refractivity contribution >= 4 is 17.9 Å². The number of carbonyl (C=O) groups is 3. The largest absolute Gasteiger partial charge is 0.490 e. The van der Waals surface area contributed by atoms with Crippen LogP contribution in [0, 0.1) is 0 Å². The first kappa shape index (κ1) is 23.7. The van der Waals surface area contributed by atoms with Crippen LogP contribution < -0.4 is 0 Å². The minimum Gasteiger partial charge on any atom is -0.475 e. The SMILES string of the molecule is C=CCN1CCN(C)C2(CCN(C(=O)N(C)C)CC2)C1=O.O=C(O)C(F)(F)F. The summed E-state index contributed by atoms with van der Waals surface area (Å²) >= 11 is 0. The van der Waals surface area contributed by atoms with Crippen molar-refractivity contribution in [1.82, 2.24) is 19.6 Å². The van der Waals surface area contributed by atoms with Crippen molar-refractivity contribution in [3.63, 3.8) is 0 Å². The molecule has 3 amide bonds. The van der Waals surface area contributed by atoms with E-state index >= 15 is 0 Å². The van der Waals surface area contributed by atoms with Crippen molar-refractivity contribution in [2.24, 2.45) is 0 Å². The van der Waals surface area contributed by atoms with Crippen molar-refractivity contribution in [3.8, 4) is 0 Å². The zero-order valence-electron chi connectivity index (χ0n) is 16.3. The first-order chi connectivity index (χ1) is 12.9. The molecule has 2 fully saturated rings. The van der Waals surface area contributed by atoms with Crippen LogP contribution in [0.2, 0.25) is 0 Å². The van der Waals surface area contributed by atoms with Gasteiger partial charge in [-0.1, -0.05) is 6.08 Å². The van der Waals surface area contributed by atoms with Gasteiger partial charge in [-0.2, -0.15) is 13.2 Å². The third-order valence-corrected chi connectivity index (χ3v) is 4.96. The van der Waals surface area contributed by atoms with Gasteiger partial charge in [-0.3, -0.25) is 9.69 Å². The fourth-order valence-corrected chi connectivity index (χ4v) is 3.32. The number of alkyl halides is 3. The maximum absolute atomic E-state index is 12.8. The summed E-state index contributed by atoms with van der Waals surface area (Å²) in [6.45, 7) is 7.23. The number of likely N-dealkylation sites (tertiary alicyclic amines) is 1. The molecule has 0 aromatic rings. The molecule has 28 heavy (non-hydrogen) atoms. The van der Waals surface area contributed by atoms with E-state index in [9.17, 15) is 22.8 Å². The zero-order valence-corrected chi connectivity index (χ0v) is 16.3. The van der Waals surface area contributed by atoms with E-state index in [0.717, 1.165) is 13.1 Å². The third-order valence-electron chi connectivity index (χ3n) is 4.96. The molecular formula is C17H27F3N4O4.